The van der Waals surface area contributed by atoms with Crippen molar-refractivity contribution in [3.05, 3.63) is 51.3 Å². The summed E-state index contributed by atoms with van der Waals surface area (Å²) < 4.78 is 50.1. The Morgan fingerprint density at radius 2 is 1.64 bits per heavy atom. The van der Waals surface area contributed by atoms with Crippen molar-refractivity contribution in [1.82, 2.24) is 14.7 Å². The molecule has 0 N–H and O–H groups in total. The number of carbonyl (C=O) groups is 3. The summed E-state index contributed by atoms with van der Waals surface area (Å²) >= 11 is 12.5. The van der Waals surface area contributed by atoms with Gasteiger partial charge in [0.15, 0.2) is 11.5 Å². The van der Waals surface area contributed by atoms with Crippen molar-refractivity contribution in [1.29, 1.82) is 0 Å². The molecule has 2 aromatic rings. The second kappa shape index (κ2) is 12.7. The van der Waals surface area contributed by atoms with Gasteiger partial charge in [-0.3, -0.25) is 19.1 Å². The Hall–Kier alpha value is -2.59. The van der Waals surface area contributed by atoms with Crippen LogP contribution in [0, 0.1) is 16.7 Å². The predicted octanol–water partition coefficient (Wildman–Crippen LogP) is 8.19. The van der Waals surface area contributed by atoms with E-state index in [1.165, 1.54) is 29.9 Å². The average molecular weight is 657 g/mol. The summed E-state index contributed by atoms with van der Waals surface area (Å²) in [6.07, 6.45) is 3.40. The molecular formula is C32H38Cl2F3N3O4. The molecule has 1 amide bonds. The van der Waals surface area contributed by atoms with Crippen LogP contribution in [0.4, 0.5) is 13.2 Å². The molecule has 5 rings (SSSR count). The minimum absolute atomic E-state index is 0.0350. The molecule has 7 nitrogen and oxygen atoms in total. The van der Waals surface area contributed by atoms with Gasteiger partial charge in [-0.2, -0.15) is 18.3 Å². The van der Waals surface area contributed by atoms with Crippen LogP contribution in [-0.2, 0) is 15.7 Å². The first-order valence-corrected chi connectivity index (χ1v) is 16.1. The maximum Gasteiger partial charge on any atom is 0.433 e. The molecule has 1 aromatic carbocycles. The number of halogens is 5. The van der Waals surface area contributed by atoms with Crippen molar-refractivity contribution in [3.63, 3.8) is 0 Å². The number of Topliss-reactive ketones (excluding diaryl/α,β-unsaturated/α-hetero) is 1. The lowest BCUT2D eigenvalue weighted by Gasteiger charge is -2.36. The Labute approximate surface area is 265 Å². The van der Waals surface area contributed by atoms with Crippen LogP contribution >= 0.6 is 23.2 Å². The highest BCUT2D eigenvalue weighted by Crippen LogP contribution is 2.57. The molecule has 44 heavy (non-hydrogen) atoms. The van der Waals surface area contributed by atoms with Crippen molar-refractivity contribution >= 4 is 40.9 Å². The van der Waals surface area contributed by atoms with Gasteiger partial charge in [-0.25, -0.2) is 0 Å². The number of esters is 1. The summed E-state index contributed by atoms with van der Waals surface area (Å²) in [7, 11) is 0. The molecule has 3 saturated carbocycles. The molecule has 240 valence electrons. The van der Waals surface area contributed by atoms with Crippen LogP contribution < -0.4 is 0 Å². The van der Waals surface area contributed by atoms with Crippen molar-refractivity contribution in [2.24, 2.45) is 16.7 Å². The zero-order chi connectivity index (χ0) is 31.9. The molecule has 0 bridgehead atoms. The molecule has 1 spiro atoms. The van der Waals surface area contributed by atoms with Gasteiger partial charge in [-0.1, -0.05) is 29.3 Å². The summed E-state index contributed by atoms with van der Waals surface area (Å²) in [6.45, 7) is 3.38. The van der Waals surface area contributed by atoms with Gasteiger partial charge >= 0.3 is 12.1 Å². The van der Waals surface area contributed by atoms with Gasteiger partial charge in [0.2, 0.25) is 0 Å². The highest BCUT2D eigenvalue weighted by Gasteiger charge is 2.47. The van der Waals surface area contributed by atoms with E-state index in [2.05, 4.69) is 5.10 Å². The molecule has 0 unspecified atom stereocenters. The normalized spacial score (nSPS) is 23.4. The van der Waals surface area contributed by atoms with Crippen LogP contribution in [-0.4, -0.2) is 52.0 Å². The molecule has 0 saturated heterocycles. The van der Waals surface area contributed by atoms with E-state index >= 15 is 0 Å². The number of amides is 1. The molecule has 12 heteroatoms. The highest BCUT2D eigenvalue weighted by molar-refractivity contribution is 6.40. The molecule has 3 aliphatic rings. The quantitative estimate of drug-likeness (QED) is 0.201. The van der Waals surface area contributed by atoms with E-state index in [1.54, 1.807) is 19.9 Å². The molecular weight excluding hydrogens is 618 g/mol. The van der Waals surface area contributed by atoms with Gasteiger partial charge in [0.1, 0.15) is 0 Å². The van der Waals surface area contributed by atoms with Gasteiger partial charge in [-0.15, -0.1) is 0 Å². The second-order valence-corrected chi connectivity index (χ2v) is 13.8. The Bertz CT molecular complexity index is 1380. The fraction of sp³-hybridized carbons (Fsp3) is 0.625. The number of ketones is 1. The van der Waals surface area contributed by atoms with Crippen LogP contribution in [0.2, 0.25) is 10.0 Å². The van der Waals surface area contributed by atoms with E-state index in [1.807, 2.05) is 0 Å². The lowest BCUT2D eigenvalue weighted by molar-refractivity contribution is -0.157. The summed E-state index contributed by atoms with van der Waals surface area (Å²) in [4.78, 5) is 41.1. The Morgan fingerprint density at radius 1 is 1.02 bits per heavy atom. The number of hydrogen-bond donors (Lipinski definition) is 0. The van der Waals surface area contributed by atoms with Crippen LogP contribution in [0.15, 0.2) is 24.4 Å². The van der Waals surface area contributed by atoms with E-state index in [0.29, 0.717) is 18.3 Å². The Morgan fingerprint density at radius 3 is 2.18 bits per heavy atom. The topological polar surface area (TPSA) is 81.5 Å². The van der Waals surface area contributed by atoms with E-state index in [-0.39, 0.29) is 53.5 Å². The number of carbonyl (C=O) groups excluding carboxylic acids is 3. The average Bonchev–Trinajstić information content (AvgIpc) is 3.56. The van der Waals surface area contributed by atoms with E-state index in [0.717, 1.165) is 36.6 Å². The summed E-state index contributed by atoms with van der Waals surface area (Å²) in [5.74, 6) is -1.75. The molecule has 0 radical (unpaired) electrons. The van der Waals surface area contributed by atoms with Crippen molar-refractivity contribution in [2.75, 3.05) is 19.7 Å². The number of aromatic nitrogens is 2. The molecule has 0 aliphatic heterocycles. The number of benzene rings is 1. The number of ether oxygens (including phenoxy) is 1. The van der Waals surface area contributed by atoms with E-state index in [9.17, 15) is 27.6 Å². The first-order chi connectivity index (χ1) is 20.8. The molecule has 0 atom stereocenters. The third-order valence-electron chi connectivity index (χ3n) is 9.93. The van der Waals surface area contributed by atoms with Crippen molar-refractivity contribution in [3.8, 4) is 0 Å². The van der Waals surface area contributed by atoms with Gasteiger partial charge in [0.05, 0.1) is 52.0 Å². The van der Waals surface area contributed by atoms with Gasteiger partial charge in [-0.05, 0) is 102 Å². The first kappa shape index (κ1) is 32.8. The summed E-state index contributed by atoms with van der Waals surface area (Å²) in [5.41, 5.74) is -2.09. The standard InChI is InChI=1S/C32H38Cl2F3N3O4/c1-3-44-29(43)30(2)11-9-21(10-12-30)40-27(32(35,36)37)22(17-38-40)28(42)39(18-20-7-13-31(14-8-20)15-16-31)19-25(41)26-23(33)5-4-6-24(26)34/h4-6,17,20-21H,3,7-16,18-19H2,1-2H3. The Balaban J connectivity index is 1.42. The van der Waals surface area contributed by atoms with E-state index in [4.69, 9.17) is 27.9 Å². The number of hydrogen-bond acceptors (Lipinski definition) is 5. The van der Waals surface area contributed by atoms with Gasteiger partial charge in [0.25, 0.3) is 5.91 Å². The van der Waals surface area contributed by atoms with Crippen molar-refractivity contribution in [2.45, 2.75) is 90.3 Å². The fourth-order valence-corrected chi connectivity index (χ4v) is 7.55. The molecule has 1 heterocycles. The van der Waals surface area contributed by atoms with Crippen LogP contribution in [0.5, 0.6) is 0 Å². The fourth-order valence-electron chi connectivity index (χ4n) is 6.94. The molecule has 3 fully saturated rings. The maximum absolute atomic E-state index is 14.7. The number of alkyl halides is 3. The monoisotopic (exact) mass is 655 g/mol. The third-order valence-corrected chi connectivity index (χ3v) is 10.6. The number of rotatable bonds is 9. The number of nitrogens with zero attached hydrogens (tertiary/aromatic N) is 3. The summed E-state index contributed by atoms with van der Waals surface area (Å²) in [6, 6.07) is 3.95. The van der Waals surface area contributed by atoms with Gasteiger partial charge < -0.3 is 9.64 Å². The van der Waals surface area contributed by atoms with Crippen LogP contribution in [0.1, 0.15) is 111 Å². The van der Waals surface area contributed by atoms with Gasteiger partial charge in [0, 0.05) is 6.54 Å². The smallest absolute Gasteiger partial charge is 0.433 e. The minimum atomic E-state index is -4.88. The lowest BCUT2D eigenvalue weighted by Crippen LogP contribution is -2.41. The first-order valence-electron chi connectivity index (χ1n) is 15.4. The van der Waals surface area contributed by atoms with E-state index < -0.39 is 47.1 Å². The highest BCUT2D eigenvalue weighted by atomic mass is 35.5. The maximum atomic E-state index is 14.7. The zero-order valence-corrected chi connectivity index (χ0v) is 26.5. The predicted molar refractivity (Wildman–Crippen MR) is 160 cm³/mol. The van der Waals surface area contributed by atoms with Crippen molar-refractivity contribution < 1.29 is 32.3 Å². The third kappa shape index (κ3) is 6.81. The minimum Gasteiger partial charge on any atom is -0.466 e. The lowest BCUT2D eigenvalue weighted by atomic mass is 9.74. The largest absolute Gasteiger partial charge is 0.466 e. The Kier molecular flexibility index (Phi) is 9.44. The molecule has 1 aromatic heterocycles. The van der Waals surface area contributed by atoms with Crippen LogP contribution in [0.25, 0.3) is 0 Å². The zero-order valence-electron chi connectivity index (χ0n) is 25.0. The second-order valence-electron chi connectivity index (χ2n) is 13.0. The van der Waals surface area contributed by atoms with Crippen LogP contribution in [0.3, 0.4) is 0 Å². The SMILES string of the molecule is CCOC(=O)C1(C)CCC(n2ncc(C(=O)N(CC(=O)c3c(Cl)cccc3Cl)CC3CCC4(CC3)CC4)c2C(F)(F)F)CC1. The molecule has 3 aliphatic carbocycles. The summed E-state index contributed by atoms with van der Waals surface area (Å²) in [5, 5.41) is 4.30.